The largest absolute Gasteiger partial charge is 0.490 e. The van der Waals surface area contributed by atoms with Gasteiger partial charge in [0.25, 0.3) is 5.56 Å². The van der Waals surface area contributed by atoms with Gasteiger partial charge in [-0.15, -0.1) is 0 Å². The molecule has 1 aliphatic heterocycles. The summed E-state index contributed by atoms with van der Waals surface area (Å²) in [6.45, 7) is 3.45. The summed E-state index contributed by atoms with van der Waals surface area (Å²) in [5.41, 5.74) is 5.91. The molecule has 3 rings (SSSR count). The third-order valence-corrected chi connectivity index (χ3v) is 4.99. The summed E-state index contributed by atoms with van der Waals surface area (Å²) in [5.74, 6) is 0.814. The van der Waals surface area contributed by atoms with Crippen molar-refractivity contribution in [2.24, 2.45) is 5.73 Å². The number of aromatic nitrogens is 1. The number of rotatable bonds is 6. The summed E-state index contributed by atoms with van der Waals surface area (Å²) >= 11 is 0. The van der Waals surface area contributed by atoms with E-state index in [9.17, 15) is 9.59 Å². The van der Waals surface area contributed by atoms with Crippen LogP contribution < -0.4 is 16.0 Å². The highest BCUT2D eigenvalue weighted by molar-refractivity contribution is 5.83. The number of nitrogens with two attached hydrogens (primary N) is 1. The molecule has 0 unspecified atom stereocenters. The Labute approximate surface area is 153 Å². The number of hydrogen-bond donors (Lipinski definition) is 2. The minimum Gasteiger partial charge on any atom is -0.490 e. The standard InChI is InChI=1S/C20H27N3O3/c1-2-3-4-18(21)20(25)23-11-8-15(9-12-23)26-16-5-6-17-14(13-16)7-10-22-19(17)24/h5-7,10,13,15,18H,2-4,8-9,11-12,21H2,1H3,(H,22,24)/t18-/m0/s1. The van der Waals surface area contributed by atoms with Gasteiger partial charge in [-0.25, -0.2) is 0 Å². The van der Waals surface area contributed by atoms with E-state index in [1.165, 1.54) is 0 Å². The number of nitrogens with one attached hydrogen (secondary N) is 1. The Balaban J connectivity index is 1.55. The Morgan fingerprint density at radius 1 is 1.35 bits per heavy atom. The molecule has 0 spiro atoms. The highest BCUT2D eigenvalue weighted by Crippen LogP contribution is 2.23. The monoisotopic (exact) mass is 357 g/mol. The van der Waals surface area contributed by atoms with E-state index in [2.05, 4.69) is 11.9 Å². The highest BCUT2D eigenvalue weighted by atomic mass is 16.5. The molecule has 1 aliphatic rings. The molecule has 1 atom stereocenters. The lowest BCUT2D eigenvalue weighted by molar-refractivity contribution is -0.134. The van der Waals surface area contributed by atoms with Crippen molar-refractivity contribution in [3.63, 3.8) is 0 Å². The molecule has 2 heterocycles. The number of benzene rings is 1. The molecule has 0 saturated carbocycles. The van der Waals surface area contributed by atoms with Crippen molar-refractivity contribution in [2.75, 3.05) is 13.1 Å². The van der Waals surface area contributed by atoms with Crippen molar-refractivity contribution < 1.29 is 9.53 Å². The number of fused-ring (bicyclic) bond motifs is 1. The normalized spacial score (nSPS) is 16.6. The third kappa shape index (κ3) is 4.25. The van der Waals surface area contributed by atoms with Crippen molar-refractivity contribution in [2.45, 2.75) is 51.2 Å². The third-order valence-electron chi connectivity index (χ3n) is 4.99. The van der Waals surface area contributed by atoms with Crippen LogP contribution in [0.25, 0.3) is 10.8 Å². The van der Waals surface area contributed by atoms with Gasteiger partial charge in [0.2, 0.25) is 5.91 Å². The van der Waals surface area contributed by atoms with Crippen molar-refractivity contribution in [1.82, 2.24) is 9.88 Å². The van der Waals surface area contributed by atoms with E-state index >= 15 is 0 Å². The van der Waals surface area contributed by atoms with Crippen molar-refractivity contribution >= 4 is 16.7 Å². The van der Waals surface area contributed by atoms with Gasteiger partial charge in [-0.3, -0.25) is 9.59 Å². The van der Waals surface area contributed by atoms with Crippen molar-refractivity contribution in [3.8, 4) is 5.75 Å². The summed E-state index contributed by atoms with van der Waals surface area (Å²) in [7, 11) is 0. The number of carbonyl (C=O) groups excluding carboxylic acids is 1. The maximum Gasteiger partial charge on any atom is 0.255 e. The minimum atomic E-state index is -0.383. The van der Waals surface area contributed by atoms with Gasteiger partial charge in [-0.05, 0) is 36.1 Å². The lowest BCUT2D eigenvalue weighted by atomic mass is 10.0. The van der Waals surface area contributed by atoms with Crippen LogP contribution in [0.4, 0.5) is 0 Å². The molecule has 3 N–H and O–H groups in total. The zero-order valence-electron chi connectivity index (χ0n) is 15.2. The number of nitrogens with zero attached hydrogens (tertiary/aromatic N) is 1. The summed E-state index contributed by atoms with van der Waals surface area (Å²) in [5, 5.41) is 1.52. The molecule has 26 heavy (non-hydrogen) atoms. The van der Waals surface area contributed by atoms with Gasteiger partial charge in [0.1, 0.15) is 11.9 Å². The molecule has 0 radical (unpaired) electrons. The Bertz CT molecular complexity index is 809. The second kappa shape index (κ2) is 8.36. The quantitative estimate of drug-likeness (QED) is 0.831. The molecule has 1 saturated heterocycles. The lowest BCUT2D eigenvalue weighted by Gasteiger charge is -2.33. The summed E-state index contributed by atoms with van der Waals surface area (Å²) in [6, 6.07) is 6.99. The molecule has 1 fully saturated rings. The van der Waals surface area contributed by atoms with E-state index in [-0.39, 0.29) is 23.6 Å². The first-order valence-corrected chi connectivity index (χ1v) is 9.41. The van der Waals surface area contributed by atoms with E-state index in [1.807, 2.05) is 23.1 Å². The van der Waals surface area contributed by atoms with E-state index in [1.54, 1.807) is 12.3 Å². The lowest BCUT2D eigenvalue weighted by Crippen LogP contribution is -2.48. The van der Waals surface area contributed by atoms with Crippen LogP contribution in [0.3, 0.4) is 0 Å². The molecule has 2 aromatic rings. The van der Waals surface area contributed by atoms with Crippen LogP contribution in [0.2, 0.25) is 0 Å². The van der Waals surface area contributed by atoms with Gasteiger partial charge in [-0.1, -0.05) is 19.8 Å². The smallest absolute Gasteiger partial charge is 0.255 e. The maximum atomic E-state index is 12.4. The molecular weight excluding hydrogens is 330 g/mol. The van der Waals surface area contributed by atoms with Gasteiger partial charge >= 0.3 is 0 Å². The number of likely N-dealkylation sites (tertiary alicyclic amines) is 1. The van der Waals surface area contributed by atoms with Gasteiger partial charge in [-0.2, -0.15) is 0 Å². The number of ether oxygens (including phenoxy) is 1. The number of hydrogen-bond acceptors (Lipinski definition) is 4. The zero-order valence-corrected chi connectivity index (χ0v) is 15.2. The zero-order chi connectivity index (χ0) is 18.5. The van der Waals surface area contributed by atoms with Crippen LogP contribution in [-0.4, -0.2) is 41.0 Å². The summed E-state index contributed by atoms with van der Waals surface area (Å²) in [4.78, 5) is 28.7. The molecule has 1 aromatic heterocycles. The average molecular weight is 357 g/mol. The number of unbranched alkanes of at least 4 members (excludes halogenated alkanes) is 1. The number of piperidine rings is 1. The first-order chi connectivity index (χ1) is 12.6. The SMILES string of the molecule is CCCC[C@H](N)C(=O)N1CCC(Oc2ccc3c(=O)[nH]ccc3c2)CC1. The topological polar surface area (TPSA) is 88.4 Å². The fraction of sp³-hybridized carbons (Fsp3) is 0.500. The summed E-state index contributed by atoms with van der Waals surface area (Å²) in [6.07, 6.45) is 6.08. The number of H-pyrrole nitrogens is 1. The van der Waals surface area contributed by atoms with Gasteiger partial charge in [0, 0.05) is 37.5 Å². The first-order valence-electron chi connectivity index (χ1n) is 9.41. The molecule has 0 bridgehead atoms. The number of carbonyl (C=O) groups is 1. The fourth-order valence-electron chi connectivity index (χ4n) is 3.41. The molecule has 0 aliphatic carbocycles. The Kier molecular flexibility index (Phi) is 5.93. The van der Waals surface area contributed by atoms with E-state index < -0.39 is 0 Å². The predicted octanol–water partition coefficient (Wildman–Crippen LogP) is 2.42. The second-order valence-corrected chi connectivity index (χ2v) is 6.95. The van der Waals surface area contributed by atoms with Gasteiger partial charge in [0.05, 0.1) is 6.04 Å². The molecular formula is C20H27N3O3. The Hall–Kier alpha value is -2.34. The highest BCUT2D eigenvalue weighted by Gasteiger charge is 2.26. The van der Waals surface area contributed by atoms with Crippen LogP contribution in [-0.2, 0) is 4.79 Å². The Morgan fingerprint density at radius 3 is 2.85 bits per heavy atom. The molecule has 6 nitrogen and oxygen atoms in total. The van der Waals surface area contributed by atoms with E-state index in [4.69, 9.17) is 10.5 Å². The van der Waals surface area contributed by atoms with Gasteiger partial charge in [0.15, 0.2) is 0 Å². The van der Waals surface area contributed by atoms with E-state index in [0.717, 1.165) is 43.2 Å². The summed E-state index contributed by atoms with van der Waals surface area (Å²) < 4.78 is 6.08. The number of amides is 1. The molecule has 140 valence electrons. The number of aromatic amines is 1. The van der Waals surface area contributed by atoms with E-state index in [0.29, 0.717) is 18.5 Å². The number of pyridine rings is 1. The van der Waals surface area contributed by atoms with Crippen LogP contribution in [0.5, 0.6) is 5.75 Å². The maximum absolute atomic E-state index is 12.4. The second-order valence-electron chi connectivity index (χ2n) is 6.95. The first kappa shape index (κ1) is 18.5. The van der Waals surface area contributed by atoms with Crippen LogP contribution in [0, 0.1) is 0 Å². The predicted molar refractivity (Wildman–Crippen MR) is 102 cm³/mol. The van der Waals surface area contributed by atoms with Crippen molar-refractivity contribution in [1.29, 1.82) is 0 Å². The van der Waals surface area contributed by atoms with Crippen LogP contribution in [0.1, 0.15) is 39.0 Å². The Morgan fingerprint density at radius 2 is 2.12 bits per heavy atom. The van der Waals surface area contributed by atoms with Crippen LogP contribution in [0.15, 0.2) is 35.3 Å². The molecule has 1 amide bonds. The molecule has 6 heteroatoms. The fourth-order valence-corrected chi connectivity index (χ4v) is 3.41. The molecule has 1 aromatic carbocycles. The van der Waals surface area contributed by atoms with Crippen LogP contribution >= 0.6 is 0 Å². The van der Waals surface area contributed by atoms with Crippen molar-refractivity contribution in [3.05, 3.63) is 40.8 Å². The van der Waals surface area contributed by atoms with Gasteiger partial charge < -0.3 is 20.4 Å². The minimum absolute atomic E-state index is 0.0573. The average Bonchev–Trinajstić information content (AvgIpc) is 2.66.